The Morgan fingerprint density at radius 1 is 1.33 bits per heavy atom. The molecule has 1 aromatic carbocycles. The van der Waals surface area contributed by atoms with Crippen LogP contribution in [0.4, 0.5) is 5.69 Å². The second-order valence-electron chi connectivity index (χ2n) is 4.40. The van der Waals surface area contributed by atoms with E-state index in [1.54, 1.807) is 18.3 Å². The average molecular weight is 245 g/mol. The number of aryl methyl sites for hydroxylation is 1. The molecule has 1 heterocycles. The van der Waals surface area contributed by atoms with Gasteiger partial charge in [0.2, 0.25) is 0 Å². The van der Waals surface area contributed by atoms with Crippen LogP contribution in [0, 0.1) is 0 Å². The van der Waals surface area contributed by atoms with Gasteiger partial charge in [0.25, 0.3) is 0 Å². The third-order valence-electron chi connectivity index (χ3n) is 3.00. The summed E-state index contributed by atoms with van der Waals surface area (Å²) in [6.45, 7) is 3.03. The fraction of sp³-hybridized carbons (Fsp3) is 0.357. The molecule has 18 heavy (non-hydrogen) atoms. The third-order valence-corrected chi connectivity index (χ3v) is 3.00. The van der Waals surface area contributed by atoms with Gasteiger partial charge >= 0.3 is 0 Å². The summed E-state index contributed by atoms with van der Waals surface area (Å²) in [7, 11) is 0. The quantitative estimate of drug-likeness (QED) is 0.795. The molecule has 1 unspecified atom stereocenters. The van der Waals surface area contributed by atoms with Gasteiger partial charge in [-0.1, -0.05) is 25.5 Å². The minimum absolute atomic E-state index is 0.688. The van der Waals surface area contributed by atoms with Gasteiger partial charge in [0.15, 0.2) is 0 Å². The van der Waals surface area contributed by atoms with Crippen molar-refractivity contribution in [1.82, 2.24) is 9.55 Å². The Morgan fingerprint density at radius 2 is 2.06 bits per heavy atom. The SMILES string of the molecule is CCCCn1ccnc1C(O)c1ccc(N)cc1. The summed E-state index contributed by atoms with van der Waals surface area (Å²) in [6.07, 6.45) is 5.14. The lowest BCUT2D eigenvalue weighted by molar-refractivity contribution is 0.204. The number of hydrogen-bond acceptors (Lipinski definition) is 3. The summed E-state index contributed by atoms with van der Waals surface area (Å²) < 4.78 is 2.00. The number of aliphatic hydroxyl groups excluding tert-OH is 1. The lowest BCUT2D eigenvalue weighted by atomic mass is 10.1. The van der Waals surface area contributed by atoms with Crippen LogP contribution in [0.5, 0.6) is 0 Å². The zero-order valence-electron chi connectivity index (χ0n) is 10.6. The van der Waals surface area contributed by atoms with Crippen LogP contribution in [-0.2, 0) is 6.54 Å². The zero-order chi connectivity index (χ0) is 13.0. The van der Waals surface area contributed by atoms with Crippen LogP contribution in [0.3, 0.4) is 0 Å². The normalized spacial score (nSPS) is 12.6. The monoisotopic (exact) mass is 245 g/mol. The van der Waals surface area contributed by atoms with Crippen LogP contribution in [0.1, 0.15) is 37.3 Å². The van der Waals surface area contributed by atoms with Crippen molar-refractivity contribution in [2.75, 3.05) is 5.73 Å². The lowest BCUT2D eigenvalue weighted by Gasteiger charge is -2.13. The molecule has 0 saturated heterocycles. The van der Waals surface area contributed by atoms with Crippen LogP contribution in [0.25, 0.3) is 0 Å². The van der Waals surface area contributed by atoms with Crippen LogP contribution in [0.2, 0.25) is 0 Å². The van der Waals surface area contributed by atoms with Crippen molar-refractivity contribution in [2.45, 2.75) is 32.4 Å². The Bertz CT molecular complexity index is 490. The minimum Gasteiger partial charge on any atom is -0.399 e. The van der Waals surface area contributed by atoms with Crippen molar-refractivity contribution in [3.8, 4) is 0 Å². The number of nitrogens with two attached hydrogens (primary N) is 1. The zero-order valence-corrected chi connectivity index (χ0v) is 10.6. The molecule has 0 amide bonds. The number of benzene rings is 1. The molecule has 4 heteroatoms. The van der Waals surface area contributed by atoms with E-state index in [1.165, 1.54) is 0 Å². The highest BCUT2D eigenvalue weighted by molar-refractivity contribution is 5.40. The van der Waals surface area contributed by atoms with Gasteiger partial charge in [0.05, 0.1) is 0 Å². The molecular weight excluding hydrogens is 226 g/mol. The number of aliphatic hydroxyl groups is 1. The minimum atomic E-state index is -0.697. The van der Waals surface area contributed by atoms with Crippen molar-refractivity contribution in [3.05, 3.63) is 48.0 Å². The molecule has 4 nitrogen and oxygen atoms in total. The van der Waals surface area contributed by atoms with Gasteiger partial charge in [-0.15, -0.1) is 0 Å². The predicted molar refractivity (Wildman–Crippen MR) is 72.1 cm³/mol. The van der Waals surface area contributed by atoms with Gasteiger partial charge in [0.1, 0.15) is 11.9 Å². The molecule has 0 spiro atoms. The first-order chi connectivity index (χ1) is 8.72. The molecule has 2 rings (SSSR count). The van der Waals surface area contributed by atoms with E-state index in [4.69, 9.17) is 5.73 Å². The second kappa shape index (κ2) is 5.69. The third kappa shape index (κ3) is 2.71. The van der Waals surface area contributed by atoms with E-state index in [1.807, 2.05) is 22.9 Å². The van der Waals surface area contributed by atoms with Crippen LogP contribution >= 0.6 is 0 Å². The number of nitrogen functional groups attached to an aromatic ring is 1. The van der Waals surface area contributed by atoms with E-state index in [2.05, 4.69) is 11.9 Å². The molecule has 1 atom stereocenters. The molecule has 0 fully saturated rings. The Morgan fingerprint density at radius 3 is 2.72 bits per heavy atom. The second-order valence-corrected chi connectivity index (χ2v) is 4.40. The Kier molecular flexibility index (Phi) is 3.99. The fourth-order valence-corrected chi connectivity index (χ4v) is 1.91. The molecule has 0 aliphatic carbocycles. The Labute approximate surface area is 107 Å². The average Bonchev–Trinajstić information content (AvgIpc) is 2.84. The van der Waals surface area contributed by atoms with Crippen molar-refractivity contribution in [2.24, 2.45) is 0 Å². The first kappa shape index (κ1) is 12.6. The smallest absolute Gasteiger partial charge is 0.142 e. The maximum atomic E-state index is 10.3. The number of hydrogen-bond donors (Lipinski definition) is 2. The number of imidazole rings is 1. The van der Waals surface area contributed by atoms with Crippen LogP contribution in [-0.4, -0.2) is 14.7 Å². The maximum Gasteiger partial charge on any atom is 0.142 e. The van der Waals surface area contributed by atoms with Gasteiger partial charge in [-0.3, -0.25) is 0 Å². The van der Waals surface area contributed by atoms with Gasteiger partial charge in [-0.2, -0.15) is 0 Å². The largest absolute Gasteiger partial charge is 0.399 e. The molecule has 0 saturated carbocycles. The van der Waals surface area contributed by atoms with Crippen molar-refractivity contribution < 1.29 is 5.11 Å². The summed E-state index contributed by atoms with van der Waals surface area (Å²) in [4.78, 5) is 4.25. The van der Waals surface area contributed by atoms with Gasteiger partial charge in [-0.05, 0) is 24.1 Å². The summed E-state index contributed by atoms with van der Waals surface area (Å²) >= 11 is 0. The summed E-state index contributed by atoms with van der Waals surface area (Å²) in [5.41, 5.74) is 7.15. The summed E-state index contributed by atoms with van der Waals surface area (Å²) in [6, 6.07) is 7.24. The van der Waals surface area contributed by atoms with E-state index in [0.717, 1.165) is 24.9 Å². The summed E-state index contributed by atoms with van der Waals surface area (Å²) in [5, 5.41) is 10.3. The number of unbranched alkanes of at least 4 members (excludes halogenated alkanes) is 1. The summed E-state index contributed by atoms with van der Waals surface area (Å²) in [5.74, 6) is 0.688. The first-order valence-corrected chi connectivity index (χ1v) is 6.27. The van der Waals surface area contributed by atoms with Gasteiger partial charge in [-0.25, -0.2) is 4.98 Å². The Hall–Kier alpha value is -1.81. The first-order valence-electron chi connectivity index (χ1n) is 6.27. The molecule has 96 valence electrons. The Balaban J connectivity index is 2.20. The topological polar surface area (TPSA) is 64.1 Å². The molecular formula is C14H19N3O. The van der Waals surface area contributed by atoms with Crippen molar-refractivity contribution in [3.63, 3.8) is 0 Å². The van der Waals surface area contributed by atoms with E-state index in [9.17, 15) is 5.11 Å². The molecule has 1 aromatic heterocycles. The number of nitrogens with zero attached hydrogens (tertiary/aromatic N) is 2. The molecule has 3 N–H and O–H groups in total. The highest BCUT2D eigenvalue weighted by Crippen LogP contribution is 2.21. The number of aromatic nitrogens is 2. The van der Waals surface area contributed by atoms with Gasteiger partial charge in [0, 0.05) is 24.6 Å². The van der Waals surface area contributed by atoms with E-state index in [-0.39, 0.29) is 0 Å². The lowest BCUT2D eigenvalue weighted by Crippen LogP contribution is -2.10. The molecule has 0 bridgehead atoms. The van der Waals surface area contributed by atoms with Crippen LogP contribution < -0.4 is 5.73 Å². The van der Waals surface area contributed by atoms with Crippen LogP contribution in [0.15, 0.2) is 36.7 Å². The number of rotatable bonds is 5. The molecule has 2 aromatic rings. The fourth-order valence-electron chi connectivity index (χ4n) is 1.91. The van der Waals surface area contributed by atoms with Crippen molar-refractivity contribution in [1.29, 1.82) is 0 Å². The maximum absolute atomic E-state index is 10.3. The van der Waals surface area contributed by atoms with Crippen molar-refractivity contribution >= 4 is 5.69 Å². The number of anilines is 1. The van der Waals surface area contributed by atoms with E-state index in [0.29, 0.717) is 11.5 Å². The molecule has 0 aliphatic rings. The van der Waals surface area contributed by atoms with E-state index < -0.39 is 6.10 Å². The standard InChI is InChI=1S/C14H19N3O/c1-2-3-9-17-10-8-16-14(17)13(18)11-4-6-12(15)7-5-11/h4-8,10,13,18H,2-3,9,15H2,1H3. The van der Waals surface area contributed by atoms with E-state index >= 15 is 0 Å². The highest BCUT2D eigenvalue weighted by Gasteiger charge is 2.15. The van der Waals surface area contributed by atoms with Gasteiger partial charge < -0.3 is 15.4 Å². The molecule has 0 radical (unpaired) electrons. The predicted octanol–water partition coefficient (Wildman–Crippen LogP) is 2.35. The molecule has 0 aliphatic heterocycles. The highest BCUT2D eigenvalue weighted by atomic mass is 16.3.